The molecule has 0 spiro atoms. The lowest BCUT2D eigenvalue weighted by molar-refractivity contribution is -0.119. The average Bonchev–Trinajstić information content (AvgIpc) is 2.61. The maximum absolute atomic E-state index is 12.5. The first-order chi connectivity index (χ1) is 12.7. The van der Waals surface area contributed by atoms with E-state index in [1.165, 1.54) is 0 Å². The highest BCUT2D eigenvalue weighted by atomic mass is 32.2. The predicted octanol–water partition coefficient (Wildman–Crippen LogP) is 2.78. The number of carbonyl (C=O) groups is 1. The highest BCUT2D eigenvalue weighted by Crippen LogP contribution is 2.24. The molecular formula is C20H26N2O4S. The highest BCUT2D eigenvalue weighted by Gasteiger charge is 2.22. The highest BCUT2D eigenvalue weighted by molar-refractivity contribution is 7.92. The summed E-state index contributed by atoms with van der Waals surface area (Å²) in [7, 11) is -3.60. The zero-order valence-electron chi connectivity index (χ0n) is 16.2. The number of rotatable bonds is 8. The maximum Gasteiger partial charge on any atom is 0.241 e. The van der Waals surface area contributed by atoms with Crippen molar-refractivity contribution in [3.8, 4) is 5.75 Å². The molecule has 0 saturated carbocycles. The first kappa shape index (κ1) is 20.8. The average molecular weight is 391 g/mol. The van der Waals surface area contributed by atoms with Crippen LogP contribution in [0.5, 0.6) is 5.75 Å². The van der Waals surface area contributed by atoms with E-state index in [1.807, 2.05) is 51.1 Å². The summed E-state index contributed by atoms with van der Waals surface area (Å²) in [6.45, 7) is 6.16. The smallest absolute Gasteiger partial charge is 0.241 e. The Balaban J connectivity index is 2.15. The monoisotopic (exact) mass is 390 g/mol. The van der Waals surface area contributed by atoms with E-state index in [9.17, 15) is 13.2 Å². The summed E-state index contributed by atoms with van der Waals surface area (Å²) in [4.78, 5) is 12.5. The Kier molecular flexibility index (Phi) is 6.85. The Bertz CT molecular complexity index is 910. The molecule has 0 heterocycles. The molecule has 0 aromatic heterocycles. The van der Waals surface area contributed by atoms with Gasteiger partial charge < -0.3 is 10.1 Å². The molecule has 0 fully saturated rings. The number of sulfonamides is 1. The lowest BCUT2D eigenvalue weighted by Gasteiger charge is -2.24. The summed E-state index contributed by atoms with van der Waals surface area (Å²) < 4.78 is 31.2. The molecule has 7 heteroatoms. The van der Waals surface area contributed by atoms with E-state index in [0.717, 1.165) is 27.3 Å². The zero-order chi connectivity index (χ0) is 20.0. The van der Waals surface area contributed by atoms with Crippen molar-refractivity contribution in [2.24, 2.45) is 0 Å². The second-order valence-electron chi connectivity index (χ2n) is 6.31. The van der Waals surface area contributed by atoms with Crippen molar-refractivity contribution in [3.63, 3.8) is 0 Å². The Morgan fingerprint density at radius 2 is 1.81 bits per heavy atom. The number of aryl methyl sites for hydroxylation is 1. The zero-order valence-corrected chi connectivity index (χ0v) is 17.0. The van der Waals surface area contributed by atoms with Gasteiger partial charge in [-0.3, -0.25) is 9.10 Å². The summed E-state index contributed by atoms with van der Waals surface area (Å²) in [5, 5.41) is 2.78. The number of ether oxygens (including phenoxy) is 1. The fourth-order valence-electron chi connectivity index (χ4n) is 2.71. The minimum Gasteiger partial charge on any atom is -0.494 e. The van der Waals surface area contributed by atoms with E-state index in [2.05, 4.69) is 5.32 Å². The summed E-state index contributed by atoms with van der Waals surface area (Å²) in [6.07, 6.45) is 1.10. The third-order valence-electron chi connectivity index (χ3n) is 4.28. The Morgan fingerprint density at radius 1 is 1.11 bits per heavy atom. The molecule has 2 aromatic rings. The number of carbonyl (C=O) groups excluding carboxylic acids is 1. The molecule has 0 aliphatic rings. The van der Waals surface area contributed by atoms with Gasteiger partial charge in [0.2, 0.25) is 15.9 Å². The van der Waals surface area contributed by atoms with Gasteiger partial charge in [0.15, 0.2) is 0 Å². The first-order valence-corrected chi connectivity index (χ1v) is 10.6. The van der Waals surface area contributed by atoms with E-state index in [-0.39, 0.29) is 19.0 Å². The Hall–Kier alpha value is -2.54. The minimum atomic E-state index is -3.60. The molecule has 1 amide bonds. The Morgan fingerprint density at radius 3 is 2.48 bits per heavy atom. The second-order valence-corrected chi connectivity index (χ2v) is 8.21. The van der Waals surface area contributed by atoms with Crippen LogP contribution < -0.4 is 14.4 Å². The number of anilines is 1. The van der Waals surface area contributed by atoms with Gasteiger partial charge in [0.1, 0.15) is 12.3 Å². The number of amides is 1. The van der Waals surface area contributed by atoms with Gasteiger partial charge >= 0.3 is 0 Å². The molecular weight excluding hydrogens is 364 g/mol. The van der Waals surface area contributed by atoms with Crippen LogP contribution >= 0.6 is 0 Å². The molecule has 2 aromatic carbocycles. The maximum atomic E-state index is 12.5. The van der Waals surface area contributed by atoms with Crippen LogP contribution in [0.15, 0.2) is 42.5 Å². The second kappa shape index (κ2) is 8.90. The largest absolute Gasteiger partial charge is 0.494 e. The van der Waals surface area contributed by atoms with Crippen LogP contribution in [0.3, 0.4) is 0 Å². The van der Waals surface area contributed by atoms with Crippen LogP contribution in [-0.4, -0.2) is 33.7 Å². The van der Waals surface area contributed by atoms with E-state index in [1.54, 1.807) is 12.1 Å². The third-order valence-corrected chi connectivity index (χ3v) is 5.41. The van der Waals surface area contributed by atoms with Gasteiger partial charge in [-0.15, -0.1) is 0 Å². The van der Waals surface area contributed by atoms with Crippen molar-refractivity contribution < 1.29 is 17.9 Å². The van der Waals surface area contributed by atoms with Crippen molar-refractivity contribution in [3.05, 3.63) is 59.2 Å². The SMILES string of the molecule is CCOc1ccccc1CNC(=O)CN(c1cccc(C)c1C)S(C)(=O)=O. The molecule has 0 bridgehead atoms. The number of para-hydroxylation sites is 1. The van der Waals surface area contributed by atoms with Crippen LogP contribution in [-0.2, 0) is 21.4 Å². The third kappa shape index (κ3) is 5.47. The molecule has 2 rings (SSSR count). The van der Waals surface area contributed by atoms with Crippen LogP contribution in [0, 0.1) is 13.8 Å². The van der Waals surface area contributed by atoms with Crippen molar-refractivity contribution in [2.75, 3.05) is 23.7 Å². The van der Waals surface area contributed by atoms with Crippen molar-refractivity contribution >= 4 is 21.6 Å². The van der Waals surface area contributed by atoms with Crippen LogP contribution in [0.4, 0.5) is 5.69 Å². The van der Waals surface area contributed by atoms with E-state index >= 15 is 0 Å². The van der Waals surface area contributed by atoms with Crippen LogP contribution in [0.25, 0.3) is 0 Å². The van der Waals surface area contributed by atoms with Gasteiger partial charge in [-0.25, -0.2) is 8.42 Å². The summed E-state index contributed by atoms with van der Waals surface area (Å²) >= 11 is 0. The molecule has 0 aliphatic carbocycles. The van der Waals surface area contributed by atoms with E-state index in [4.69, 9.17) is 4.74 Å². The van der Waals surface area contributed by atoms with Gasteiger partial charge in [0, 0.05) is 12.1 Å². The van der Waals surface area contributed by atoms with Gasteiger partial charge in [-0.1, -0.05) is 30.3 Å². The topological polar surface area (TPSA) is 75.7 Å². The summed E-state index contributed by atoms with van der Waals surface area (Å²) in [5.41, 5.74) is 3.15. The van der Waals surface area contributed by atoms with Crippen LogP contribution in [0.1, 0.15) is 23.6 Å². The number of nitrogens with zero attached hydrogens (tertiary/aromatic N) is 1. The molecule has 0 saturated heterocycles. The number of hydrogen-bond donors (Lipinski definition) is 1. The molecule has 146 valence electrons. The summed E-state index contributed by atoms with van der Waals surface area (Å²) in [5.74, 6) is 0.322. The van der Waals surface area contributed by atoms with Gasteiger partial charge in [-0.05, 0) is 44.0 Å². The number of nitrogens with one attached hydrogen (secondary N) is 1. The van der Waals surface area contributed by atoms with Gasteiger partial charge in [0.25, 0.3) is 0 Å². The molecule has 27 heavy (non-hydrogen) atoms. The number of benzene rings is 2. The molecule has 1 N–H and O–H groups in total. The predicted molar refractivity (Wildman–Crippen MR) is 108 cm³/mol. The normalized spacial score (nSPS) is 11.1. The number of hydrogen-bond acceptors (Lipinski definition) is 4. The van der Waals surface area contributed by atoms with E-state index < -0.39 is 10.0 Å². The van der Waals surface area contributed by atoms with Crippen molar-refractivity contribution in [1.82, 2.24) is 5.32 Å². The quantitative estimate of drug-likeness (QED) is 0.752. The van der Waals surface area contributed by atoms with E-state index in [0.29, 0.717) is 18.0 Å². The fourth-order valence-corrected chi connectivity index (χ4v) is 3.62. The van der Waals surface area contributed by atoms with Gasteiger partial charge in [-0.2, -0.15) is 0 Å². The molecule has 6 nitrogen and oxygen atoms in total. The molecule has 0 atom stereocenters. The standard InChI is InChI=1S/C20H26N2O4S/c1-5-26-19-12-7-6-10-17(19)13-21-20(23)14-22(27(4,24)25)18-11-8-9-15(2)16(18)3/h6-12H,5,13-14H2,1-4H3,(H,21,23). The Labute approximate surface area is 161 Å². The van der Waals surface area contributed by atoms with Crippen molar-refractivity contribution in [1.29, 1.82) is 0 Å². The lowest BCUT2D eigenvalue weighted by atomic mass is 10.1. The first-order valence-electron chi connectivity index (χ1n) is 8.75. The molecule has 0 unspecified atom stereocenters. The lowest BCUT2D eigenvalue weighted by Crippen LogP contribution is -2.40. The molecule has 0 radical (unpaired) electrons. The van der Waals surface area contributed by atoms with Gasteiger partial charge in [0.05, 0.1) is 18.6 Å². The van der Waals surface area contributed by atoms with Crippen molar-refractivity contribution in [2.45, 2.75) is 27.3 Å². The minimum absolute atomic E-state index is 0.263. The summed E-state index contributed by atoms with van der Waals surface area (Å²) in [6, 6.07) is 12.8. The molecule has 0 aliphatic heterocycles. The fraction of sp³-hybridized carbons (Fsp3) is 0.350. The van der Waals surface area contributed by atoms with Crippen LogP contribution in [0.2, 0.25) is 0 Å².